The molecule has 2 fully saturated rings. The van der Waals surface area contributed by atoms with Gasteiger partial charge in [0.2, 0.25) is 0 Å². The number of halogens is 4. The van der Waals surface area contributed by atoms with Gasteiger partial charge in [-0.2, -0.15) is 0 Å². The van der Waals surface area contributed by atoms with Gasteiger partial charge < -0.3 is 0 Å². The Morgan fingerprint density at radius 3 is 2.17 bits per heavy atom. The predicted octanol–water partition coefficient (Wildman–Crippen LogP) is 8.64. The van der Waals surface area contributed by atoms with Crippen LogP contribution in [0.1, 0.15) is 80.0 Å². The van der Waals surface area contributed by atoms with E-state index in [4.69, 9.17) is 0 Å². The molecule has 4 unspecified atom stereocenters. The van der Waals surface area contributed by atoms with Gasteiger partial charge in [-0.3, -0.25) is 0 Å². The van der Waals surface area contributed by atoms with Gasteiger partial charge >= 0.3 is 0 Å². The molecule has 4 atom stereocenters. The summed E-state index contributed by atoms with van der Waals surface area (Å²) in [5, 5.41) is 0. The molecule has 0 amide bonds. The van der Waals surface area contributed by atoms with Gasteiger partial charge in [0.15, 0.2) is 0 Å². The van der Waals surface area contributed by atoms with Gasteiger partial charge in [-0.15, -0.1) is 6.58 Å². The Morgan fingerprint density at radius 2 is 1.51 bits per heavy atom. The molecule has 2 aromatic carbocycles. The van der Waals surface area contributed by atoms with Gasteiger partial charge in [-0.05, 0) is 112 Å². The molecule has 0 saturated heterocycles. The Bertz CT molecular complexity index is 1120. The first-order valence-electron chi connectivity index (χ1n) is 12.6. The maximum absolute atomic E-state index is 14.9. The van der Waals surface area contributed by atoms with Gasteiger partial charge in [0.25, 0.3) is 0 Å². The fourth-order valence-electron chi connectivity index (χ4n) is 5.92. The summed E-state index contributed by atoms with van der Waals surface area (Å²) in [5.74, 6) is 4.20. The molecule has 0 heterocycles. The van der Waals surface area contributed by atoms with Crippen LogP contribution < -0.4 is 0 Å². The molecule has 2 aliphatic carbocycles. The van der Waals surface area contributed by atoms with Crippen molar-refractivity contribution in [3.63, 3.8) is 0 Å². The first-order chi connectivity index (χ1) is 16.9. The van der Waals surface area contributed by atoms with Crippen molar-refractivity contribution in [2.45, 2.75) is 64.2 Å². The highest BCUT2D eigenvalue weighted by atomic mass is 19.1. The number of hydrogen-bond donors (Lipinski definition) is 0. The van der Waals surface area contributed by atoms with Crippen LogP contribution in [-0.4, -0.2) is 0 Å². The molecular formula is C31H32F4. The molecule has 0 spiro atoms. The fourth-order valence-corrected chi connectivity index (χ4v) is 5.92. The molecule has 2 aromatic rings. The Hall–Kier alpha value is -2.80. The molecule has 0 aliphatic heterocycles. The molecule has 2 saturated carbocycles. The summed E-state index contributed by atoms with van der Waals surface area (Å²) in [6.45, 7) is 5.62. The number of fused-ring (bicyclic) bond motifs is 1. The monoisotopic (exact) mass is 480 g/mol. The van der Waals surface area contributed by atoms with Crippen LogP contribution in [-0.2, 0) is 6.42 Å². The highest BCUT2D eigenvalue weighted by molar-refractivity contribution is 5.46. The van der Waals surface area contributed by atoms with Gasteiger partial charge in [-0.25, -0.2) is 17.6 Å². The van der Waals surface area contributed by atoms with Crippen molar-refractivity contribution in [3.8, 4) is 11.8 Å². The fraction of sp³-hybridized carbons (Fsp3) is 0.419. The van der Waals surface area contributed by atoms with Gasteiger partial charge in [0.05, 0.1) is 5.56 Å². The zero-order chi connectivity index (χ0) is 24.9. The first-order valence-corrected chi connectivity index (χ1v) is 12.6. The van der Waals surface area contributed by atoms with E-state index in [2.05, 4.69) is 37.5 Å². The molecule has 0 radical (unpaired) electrons. The van der Waals surface area contributed by atoms with Crippen LogP contribution in [0.4, 0.5) is 17.6 Å². The highest BCUT2D eigenvalue weighted by Crippen LogP contribution is 2.48. The molecule has 184 valence electrons. The van der Waals surface area contributed by atoms with Crippen molar-refractivity contribution < 1.29 is 17.6 Å². The zero-order valence-electron chi connectivity index (χ0n) is 20.2. The van der Waals surface area contributed by atoms with Crippen LogP contribution in [0.25, 0.3) is 0 Å². The first kappa shape index (κ1) is 25.3. The average Bonchev–Trinajstić information content (AvgIpc) is 2.83. The van der Waals surface area contributed by atoms with E-state index in [9.17, 15) is 17.6 Å². The lowest BCUT2D eigenvalue weighted by Crippen LogP contribution is -2.30. The van der Waals surface area contributed by atoms with Crippen molar-refractivity contribution in [1.82, 2.24) is 0 Å². The maximum Gasteiger partial charge on any atom is 0.142 e. The van der Waals surface area contributed by atoms with Gasteiger partial charge in [0.1, 0.15) is 23.3 Å². The average molecular weight is 481 g/mol. The number of rotatable bonds is 5. The zero-order valence-corrected chi connectivity index (χ0v) is 20.2. The second-order valence-corrected chi connectivity index (χ2v) is 9.98. The Morgan fingerprint density at radius 1 is 0.857 bits per heavy atom. The molecule has 0 aromatic heterocycles. The summed E-state index contributed by atoms with van der Waals surface area (Å²) in [7, 11) is 0. The highest BCUT2D eigenvalue weighted by Gasteiger charge is 2.35. The molecular weight excluding hydrogens is 448 g/mol. The lowest BCUT2D eigenvalue weighted by molar-refractivity contribution is 0.133. The van der Waals surface area contributed by atoms with E-state index >= 15 is 0 Å². The summed E-state index contributed by atoms with van der Waals surface area (Å²) in [6, 6.07) is 4.98. The molecule has 35 heavy (non-hydrogen) atoms. The Labute approximate surface area is 206 Å². The Kier molecular flexibility index (Phi) is 8.16. The van der Waals surface area contributed by atoms with Gasteiger partial charge in [-0.1, -0.05) is 30.1 Å². The van der Waals surface area contributed by atoms with Crippen molar-refractivity contribution in [3.05, 3.63) is 94.6 Å². The quantitative estimate of drug-likeness (QED) is 0.228. The summed E-state index contributed by atoms with van der Waals surface area (Å²) >= 11 is 0. The second kappa shape index (κ2) is 11.3. The predicted molar refractivity (Wildman–Crippen MR) is 133 cm³/mol. The van der Waals surface area contributed by atoms with E-state index in [0.29, 0.717) is 29.7 Å². The van der Waals surface area contributed by atoms with Crippen molar-refractivity contribution >= 4 is 0 Å². The smallest absolute Gasteiger partial charge is 0.142 e. The Balaban J connectivity index is 1.49. The van der Waals surface area contributed by atoms with E-state index in [1.54, 1.807) is 6.08 Å². The SMILES string of the molecule is C=CCCc1c(F)cc(C#Cc2c(F)cc(C3CCC4CC(/C=C/C)CCC4C3)cc2F)cc1F. The third kappa shape index (κ3) is 5.89. The summed E-state index contributed by atoms with van der Waals surface area (Å²) in [6.07, 6.45) is 13.2. The van der Waals surface area contributed by atoms with E-state index < -0.39 is 23.3 Å². The molecule has 4 rings (SSSR count). The molecule has 4 heteroatoms. The van der Waals surface area contributed by atoms with E-state index in [1.807, 2.05) is 0 Å². The summed E-state index contributed by atoms with van der Waals surface area (Å²) in [5.41, 5.74) is 0.313. The van der Waals surface area contributed by atoms with E-state index in [0.717, 1.165) is 31.4 Å². The van der Waals surface area contributed by atoms with Crippen LogP contribution in [0.3, 0.4) is 0 Å². The van der Waals surface area contributed by atoms with Crippen LogP contribution >= 0.6 is 0 Å². The third-order valence-corrected chi connectivity index (χ3v) is 7.73. The normalized spacial score (nSPS) is 24.0. The van der Waals surface area contributed by atoms with Crippen molar-refractivity contribution in [1.29, 1.82) is 0 Å². The lowest BCUT2D eigenvalue weighted by atomic mass is 9.64. The lowest BCUT2D eigenvalue weighted by Gasteiger charge is -2.41. The van der Waals surface area contributed by atoms with Crippen molar-refractivity contribution in [2.75, 3.05) is 0 Å². The molecule has 0 N–H and O–H groups in total. The number of hydrogen-bond acceptors (Lipinski definition) is 0. The summed E-state index contributed by atoms with van der Waals surface area (Å²) < 4.78 is 58.3. The van der Waals surface area contributed by atoms with E-state index in [-0.39, 0.29) is 29.0 Å². The minimum absolute atomic E-state index is 0.0390. The molecule has 2 aliphatic rings. The largest absolute Gasteiger partial charge is 0.207 e. The molecule has 0 nitrogen and oxygen atoms in total. The minimum atomic E-state index is -0.727. The van der Waals surface area contributed by atoms with Gasteiger partial charge in [0, 0.05) is 11.1 Å². The molecule has 0 bridgehead atoms. The van der Waals surface area contributed by atoms with Crippen LogP contribution in [0, 0.1) is 52.9 Å². The third-order valence-electron chi connectivity index (χ3n) is 7.73. The van der Waals surface area contributed by atoms with Crippen LogP contribution in [0.15, 0.2) is 49.1 Å². The van der Waals surface area contributed by atoms with E-state index in [1.165, 1.54) is 31.4 Å². The number of allylic oxidation sites excluding steroid dienone is 3. The second-order valence-electron chi connectivity index (χ2n) is 9.98. The van der Waals surface area contributed by atoms with Crippen LogP contribution in [0.5, 0.6) is 0 Å². The summed E-state index contributed by atoms with van der Waals surface area (Å²) in [4.78, 5) is 0. The maximum atomic E-state index is 14.9. The minimum Gasteiger partial charge on any atom is -0.207 e. The van der Waals surface area contributed by atoms with Crippen LogP contribution in [0.2, 0.25) is 0 Å². The standard InChI is InChI=1S/C31H32F4/c1-3-5-7-26-28(32)15-21(16-29(26)33)9-13-27-30(34)18-25(19-31(27)35)24-12-11-22-14-20(6-4-2)8-10-23(22)17-24/h3-4,6,15-16,18-20,22-24H,1,5,7-8,10-12,14,17H2,2H3/b6-4+. The topological polar surface area (TPSA) is 0 Å². The number of benzene rings is 2. The van der Waals surface area contributed by atoms with Crippen molar-refractivity contribution in [2.24, 2.45) is 17.8 Å².